The first kappa shape index (κ1) is 12.0. The number of imide groups is 1. The van der Waals surface area contributed by atoms with E-state index in [1.54, 1.807) is 12.1 Å². The highest BCUT2D eigenvalue weighted by molar-refractivity contribution is 6.42. The van der Waals surface area contributed by atoms with Crippen molar-refractivity contribution in [3.63, 3.8) is 0 Å². The van der Waals surface area contributed by atoms with E-state index in [9.17, 15) is 9.59 Å². The number of hydrogen-bond donors (Lipinski definition) is 1. The molecule has 0 aromatic heterocycles. The Kier molecular flexibility index (Phi) is 2.62. The molecule has 1 heterocycles. The monoisotopic (exact) mass is 285 g/mol. The van der Waals surface area contributed by atoms with Gasteiger partial charge in [-0.05, 0) is 18.2 Å². The standard InChI is InChI=1S/C12H9Cl2NO3/c13-7-2-1-5(3-8(7)14)15-11(17)9-6(4-16)10(9)12(15)18/h1-3,6,9-10,16H,4H2. The summed E-state index contributed by atoms with van der Waals surface area (Å²) in [6.07, 6.45) is 0. The van der Waals surface area contributed by atoms with Crippen molar-refractivity contribution in [3.05, 3.63) is 28.2 Å². The molecule has 1 aliphatic heterocycles. The van der Waals surface area contributed by atoms with Crippen LogP contribution in [-0.4, -0.2) is 23.5 Å². The van der Waals surface area contributed by atoms with E-state index in [2.05, 4.69) is 0 Å². The predicted octanol–water partition coefficient (Wildman–Crippen LogP) is 1.72. The third-order valence-corrected chi connectivity index (χ3v) is 4.29. The molecule has 18 heavy (non-hydrogen) atoms. The molecule has 0 radical (unpaired) electrons. The van der Waals surface area contributed by atoms with Gasteiger partial charge in [-0.2, -0.15) is 0 Å². The maximum absolute atomic E-state index is 12.0. The van der Waals surface area contributed by atoms with Crippen LogP contribution in [0.3, 0.4) is 0 Å². The van der Waals surface area contributed by atoms with Gasteiger partial charge in [0.25, 0.3) is 0 Å². The van der Waals surface area contributed by atoms with Gasteiger partial charge in [-0.3, -0.25) is 9.59 Å². The largest absolute Gasteiger partial charge is 0.396 e. The summed E-state index contributed by atoms with van der Waals surface area (Å²) in [7, 11) is 0. The number of aliphatic hydroxyl groups is 1. The first-order valence-corrected chi connectivity index (χ1v) is 6.25. The molecular formula is C12H9Cl2NO3. The minimum atomic E-state index is -0.364. The molecule has 94 valence electrons. The zero-order chi connectivity index (χ0) is 13.0. The number of nitrogens with zero attached hydrogens (tertiary/aromatic N) is 1. The zero-order valence-corrected chi connectivity index (χ0v) is 10.6. The van der Waals surface area contributed by atoms with E-state index in [1.165, 1.54) is 6.07 Å². The second kappa shape index (κ2) is 3.95. The summed E-state index contributed by atoms with van der Waals surface area (Å²) in [5, 5.41) is 9.70. The summed E-state index contributed by atoms with van der Waals surface area (Å²) in [5.41, 5.74) is 0.434. The maximum atomic E-state index is 12.0. The summed E-state index contributed by atoms with van der Waals surface area (Å²) in [5.74, 6) is -1.46. The summed E-state index contributed by atoms with van der Waals surface area (Å²) >= 11 is 11.7. The molecule has 2 atom stereocenters. The van der Waals surface area contributed by atoms with Gasteiger partial charge in [0.15, 0.2) is 0 Å². The number of carbonyl (C=O) groups is 2. The van der Waals surface area contributed by atoms with E-state index < -0.39 is 0 Å². The Bertz CT molecular complexity index is 538. The van der Waals surface area contributed by atoms with E-state index >= 15 is 0 Å². The Morgan fingerprint density at radius 2 is 1.72 bits per heavy atom. The number of rotatable bonds is 2. The van der Waals surface area contributed by atoms with Gasteiger partial charge < -0.3 is 5.11 Å². The zero-order valence-electron chi connectivity index (χ0n) is 9.14. The molecule has 1 aromatic carbocycles. The van der Waals surface area contributed by atoms with E-state index in [-0.39, 0.29) is 36.2 Å². The predicted molar refractivity (Wildman–Crippen MR) is 66.5 cm³/mol. The number of piperidine rings is 1. The summed E-state index contributed by atoms with van der Waals surface area (Å²) in [4.78, 5) is 25.2. The van der Waals surface area contributed by atoms with Crippen molar-refractivity contribution < 1.29 is 14.7 Å². The topological polar surface area (TPSA) is 57.6 Å². The molecule has 2 fully saturated rings. The summed E-state index contributed by atoms with van der Waals surface area (Å²) < 4.78 is 0. The molecule has 2 unspecified atom stereocenters. The van der Waals surface area contributed by atoms with Gasteiger partial charge >= 0.3 is 0 Å². The first-order valence-electron chi connectivity index (χ1n) is 5.50. The van der Waals surface area contributed by atoms with Crippen molar-refractivity contribution in [1.82, 2.24) is 0 Å². The molecule has 2 amide bonds. The van der Waals surface area contributed by atoms with Crippen LogP contribution in [0, 0.1) is 17.8 Å². The van der Waals surface area contributed by atoms with Crippen LogP contribution in [0.5, 0.6) is 0 Å². The fourth-order valence-corrected chi connectivity index (χ4v) is 2.85. The SMILES string of the molecule is O=C1C2C(CO)C2C(=O)N1c1ccc(Cl)c(Cl)c1. The lowest BCUT2D eigenvalue weighted by Gasteiger charge is -2.18. The third kappa shape index (κ3) is 1.49. The molecule has 1 aromatic rings. The van der Waals surface area contributed by atoms with Crippen LogP contribution in [0.25, 0.3) is 0 Å². The Labute approximate surface area is 113 Å². The Hall–Kier alpha value is -1.10. The van der Waals surface area contributed by atoms with E-state index in [1.807, 2.05) is 0 Å². The lowest BCUT2D eigenvalue weighted by atomic mass is 10.2. The van der Waals surface area contributed by atoms with Crippen LogP contribution >= 0.6 is 23.2 Å². The quantitative estimate of drug-likeness (QED) is 0.842. The molecule has 2 aliphatic rings. The van der Waals surface area contributed by atoms with Crippen molar-refractivity contribution >= 4 is 40.7 Å². The second-order valence-electron chi connectivity index (χ2n) is 4.51. The number of hydrogen-bond acceptors (Lipinski definition) is 3. The molecule has 6 heteroatoms. The number of benzene rings is 1. The molecule has 4 nitrogen and oxygen atoms in total. The van der Waals surface area contributed by atoms with Crippen LogP contribution in [-0.2, 0) is 9.59 Å². The molecular weight excluding hydrogens is 277 g/mol. The molecule has 1 N–H and O–H groups in total. The van der Waals surface area contributed by atoms with Gasteiger partial charge in [0.2, 0.25) is 11.8 Å². The van der Waals surface area contributed by atoms with Crippen molar-refractivity contribution in [3.8, 4) is 0 Å². The Morgan fingerprint density at radius 1 is 1.11 bits per heavy atom. The van der Waals surface area contributed by atoms with Crippen molar-refractivity contribution in [2.24, 2.45) is 17.8 Å². The number of fused-ring (bicyclic) bond motifs is 1. The lowest BCUT2D eigenvalue weighted by molar-refractivity contribution is -0.124. The first-order chi connectivity index (χ1) is 8.56. The van der Waals surface area contributed by atoms with Gasteiger partial charge in [-0.15, -0.1) is 0 Å². The highest BCUT2D eigenvalue weighted by Gasteiger charge is 2.67. The van der Waals surface area contributed by atoms with E-state index in [0.29, 0.717) is 15.7 Å². The fraction of sp³-hybridized carbons (Fsp3) is 0.333. The van der Waals surface area contributed by atoms with Gasteiger partial charge in [0.1, 0.15) is 0 Å². The molecule has 0 spiro atoms. The van der Waals surface area contributed by atoms with Crippen LogP contribution in [0.1, 0.15) is 0 Å². The molecule has 1 saturated heterocycles. The van der Waals surface area contributed by atoms with Gasteiger partial charge in [0.05, 0.1) is 27.6 Å². The van der Waals surface area contributed by atoms with Crippen LogP contribution in [0.2, 0.25) is 10.0 Å². The number of anilines is 1. The minimum Gasteiger partial charge on any atom is -0.396 e. The summed E-state index contributed by atoms with van der Waals surface area (Å²) in [6, 6.07) is 4.63. The minimum absolute atomic E-state index is 0.123. The fourth-order valence-electron chi connectivity index (χ4n) is 2.56. The van der Waals surface area contributed by atoms with Crippen LogP contribution in [0.4, 0.5) is 5.69 Å². The average Bonchev–Trinajstić information content (AvgIpc) is 3.01. The van der Waals surface area contributed by atoms with Crippen LogP contribution < -0.4 is 4.90 Å². The van der Waals surface area contributed by atoms with Gasteiger partial charge in [0, 0.05) is 12.5 Å². The number of amides is 2. The number of carbonyl (C=O) groups excluding carboxylic acids is 2. The summed E-state index contributed by atoms with van der Waals surface area (Å²) in [6.45, 7) is -0.123. The van der Waals surface area contributed by atoms with Crippen molar-refractivity contribution in [2.75, 3.05) is 11.5 Å². The van der Waals surface area contributed by atoms with Crippen LogP contribution in [0.15, 0.2) is 18.2 Å². The normalized spacial score (nSPS) is 29.7. The highest BCUT2D eigenvalue weighted by atomic mass is 35.5. The van der Waals surface area contributed by atoms with Gasteiger partial charge in [-0.25, -0.2) is 4.90 Å². The molecule has 0 bridgehead atoms. The second-order valence-corrected chi connectivity index (χ2v) is 5.32. The van der Waals surface area contributed by atoms with E-state index in [4.69, 9.17) is 28.3 Å². The van der Waals surface area contributed by atoms with Gasteiger partial charge in [-0.1, -0.05) is 23.2 Å². The van der Waals surface area contributed by atoms with Crippen molar-refractivity contribution in [2.45, 2.75) is 0 Å². The average molecular weight is 286 g/mol. The number of halogens is 2. The molecule has 1 aliphatic carbocycles. The highest BCUT2D eigenvalue weighted by Crippen LogP contribution is 2.54. The maximum Gasteiger partial charge on any atom is 0.238 e. The smallest absolute Gasteiger partial charge is 0.238 e. The molecule has 1 saturated carbocycles. The third-order valence-electron chi connectivity index (χ3n) is 3.55. The molecule has 3 rings (SSSR count). The lowest BCUT2D eigenvalue weighted by Crippen LogP contribution is -2.35. The Morgan fingerprint density at radius 3 is 2.22 bits per heavy atom. The van der Waals surface area contributed by atoms with E-state index in [0.717, 1.165) is 4.90 Å². The number of aliphatic hydroxyl groups excluding tert-OH is 1. The van der Waals surface area contributed by atoms with Crippen molar-refractivity contribution in [1.29, 1.82) is 0 Å². The Balaban J connectivity index is 1.93.